The predicted molar refractivity (Wildman–Crippen MR) is 117 cm³/mol. The fourth-order valence-corrected chi connectivity index (χ4v) is 3.00. The maximum atomic E-state index is 13.5. The number of aromatic nitrogens is 2. The Kier molecular flexibility index (Phi) is 6.19. The molecule has 7 heteroatoms. The molecule has 5 nitrogen and oxygen atoms in total. The minimum Gasteiger partial charge on any atom is -0.439 e. The molecule has 0 bridgehead atoms. The molecule has 1 aromatic heterocycles. The summed E-state index contributed by atoms with van der Waals surface area (Å²) in [5.74, 6) is 0.471. The Morgan fingerprint density at radius 2 is 1.81 bits per heavy atom. The summed E-state index contributed by atoms with van der Waals surface area (Å²) in [7, 11) is 0. The van der Waals surface area contributed by atoms with Crippen molar-refractivity contribution in [2.75, 3.05) is 0 Å². The van der Waals surface area contributed by atoms with Gasteiger partial charge in [0.15, 0.2) is 5.82 Å². The number of rotatable bonds is 6. The van der Waals surface area contributed by atoms with E-state index in [1.165, 1.54) is 18.3 Å². The molecule has 1 N–H and O–H groups in total. The van der Waals surface area contributed by atoms with Crippen LogP contribution < -0.4 is 10.1 Å². The third-order valence-corrected chi connectivity index (χ3v) is 4.65. The van der Waals surface area contributed by atoms with Crippen LogP contribution in [0.2, 0.25) is 5.02 Å². The highest BCUT2D eigenvalue weighted by atomic mass is 35.5. The van der Waals surface area contributed by atoms with E-state index in [-0.39, 0.29) is 17.6 Å². The number of carbonyl (C=O) groups is 1. The Balaban J connectivity index is 1.45. The summed E-state index contributed by atoms with van der Waals surface area (Å²) >= 11 is 5.88. The molecule has 0 unspecified atom stereocenters. The van der Waals surface area contributed by atoms with Gasteiger partial charge in [-0.3, -0.25) is 4.79 Å². The van der Waals surface area contributed by atoms with Gasteiger partial charge in [-0.1, -0.05) is 41.9 Å². The van der Waals surface area contributed by atoms with Gasteiger partial charge in [-0.25, -0.2) is 9.37 Å². The van der Waals surface area contributed by atoms with Crippen molar-refractivity contribution in [3.8, 4) is 23.0 Å². The van der Waals surface area contributed by atoms with E-state index >= 15 is 0 Å². The number of ether oxygens (including phenoxy) is 1. The first-order chi connectivity index (χ1) is 15.1. The van der Waals surface area contributed by atoms with E-state index in [0.717, 1.165) is 5.56 Å². The minimum atomic E-state index is -0.371. The third kappa shape index (κ3) is 5.43. The molecule has 0 radical (unpaired) electrons. The molecule has 0 atom stereocenters. The van der Waals surface area contributed by atoms with Crippen LogP contribution in [0.1, 0.15) is 15.9 Å². The van der Waals surface area contributed by atoms with Crippen molar-refractivity contribution >= 4 is 17.5 Å². The molecule has 4 rings (SSSR count). The number of hydrogen-bond acceptors (Lipinski definition) is 4. The molecule has 0 fully saturated rings. The van der Waals surface area contributed by atoms with Gasteiger partial charge in [-0.15, -0.1) is 0 Å². The number of benzene rings is 3. The Morgan fingerprint density at radius 3 is 2.61 bits per heavy atom. The predicted octanol–water partition coefficient (Wildman–Crippen LogP) is 5.66. The fourth-order valence-electron chi connectivity index (χ4n) is 2.87. The van der Waals surface area contributed by atoms with Gasteiger partial charge in [0, 0.05) is 35.0 Å². The maximum absolute atomic E-state index is 13.5. The average Bonchev–Trinajstić information content (AvgIpc) is 2.79. The zero-order valence-corrected chi connectivity index (χ0v) is 17.0. The van der Waals surface area contributed by atoms with Crippen LogP contribution >= 0.6 is 11.6 Å². The van der Waals surface area contributed by atoms with Crippen molar-refractivity contribution in [2.45, 2.75) is 6.54 Å². The number of hydrogen-bond donors (Lipinski definition) is 1. The smallest absolute Gasteiger partial charge is 0.251 e. The largest absolute Gasteiger partial charge is 0.439 e. The summed E-state index contributed by atoms with van der Waals surface area (Å²) in [5, 5.41) is 3.51. The second-order valence-electron chi connectivity index (χ2n) is 6.67. The van der Waals surface area contributed by atoms with E-state index in [1.54, 1.807) is 54.6 Å². The van der Waals surface area contributed by atoms with Gasteiger partial charge in [0.2, 0.25) is 5.88 Å². The van der Waals surface area contributed by atoms with Gasteiger partial charge in [0.25, 0.3) is 5.91 Å². The quantitative estimate of drug-likeness (QED) is 0.426. The van der Waals surface area contributed by atoms with Crippen LogP contribution in [0.3, 0.4) is 0 Å². The number of nitrogens with zero attached hydrogens (tertiary/aromatic N) is 2. The third-order valence-electron chi connectivity index (χ3n) is 4.40. The minimum absolute atomic E-state index is 0.233. The molecule has 3 aromatic carbocycles. The first-order valence-electron chi connectivity index (χ1n) is 9.46. The van der Waals surface area contributed by atoms with Crippen molar-refractivity contribution in [2.24, 2.45) is 0 Å². The molecule has 31 heavy (non-hydrogen) atoms. The Bertz CT molecular complexity index is 1220. The summed E-state index contributed by atoms with van der Waals surface area (Å²) in [6.07, 6.45) is 1.53. The maximum Gasteiger partial charge on any atom is 0.251 e. The lowest BCUT2D eigenvalue weighted by molar-refractivity contribution is 0.0950. The van der Waals surface area contributed by atoms with Gasteiger partial charge in [0.1, 0.15) is 11.6 Å². The highest BCUT2D eigenvalue weighted by Gasteiger charge is 2.09. The summed E-state index contributed by atoms with van der Waals surface area (Å²) in [5.41, 5.74) is 1.93. The van der Waals surface area contributed by atoms with Crippen molar-refractivity contribution in [1.29, 1.82) is 0 Å². The lowest BCUT2D eigenvalue weighted by Crippen LogP contribution is -2.22. The van der Waals surface area contributed by atoms with E-state index in [4.69, 9.17) is 16.3 Å². The standard InChI is InChI=1S/C24H17ClFN3O2/c25-19-9-7-16(8-10-19)15-28-24(30)18-4-2-6-21(14-18)31-22-11-12-27-23(29-22)17-3-1-5-20(26)13-17/h1-14H,15H2,(H,28,30). The number of nitrogens with one attached hydrogen (secondary N) is 1. The summed E-state index contributed by atoms with van der Waals surface area (Å²) in [4.78, 5) is 21.0. The van der Waals surface area contributed by atoms with Gasteiger partial charge in [-0.2, -0.15) is 4.98 Å². The van der Waals surface area contributed by atoms with E-state index in [2.05, 4.69) is 15.3 Å². The molecule has 4 aromatic rings. The number of carbonyl (C=O) groups excluding carboxylic acids is 1. The highest BCUT2D eigenvalue weighted by Crippen LogP contribution is 2.23. The molecule has 1 heterocycles. The summed E-state index contributed by atoms with van der Waals surface area (Å²) in [6, 6.07) is 21.6. The van der Waals surface area contributed by atoms with Crippen LogP contribution in [0, 0.1) is 5.82 Å². The van der Waals surface area contributed by atoms with Crippen LogP contribution in [0.5, 0.6) is 11.6 Å². The zero-order chi connectivity index (χ0) is 21.6. The second-order valence-corrected chi connectivity index (χ2v) is 7.10. The molecule has 0 spiro atoms. The SMILES string of the molecule is O=C(NCc1ccc(Cl)cc1)c1cccc(Oc2ccnc(-c3cccc(F)c3)n2)c1. The molecule has 0 saturated heterocycles. The van der Waals surface area contributed by atoms with Crippen LogP contribution in [0.25, 0.3) is 11.4 Å². The van der Waals surface area contributed by atoms with Gasteiger partial charge >= 0.3 is 0 Å². The molecular formula is C24H17ClFN3O2. The molecule has 154 valence electrons. The molecular weight excluding hydrogens is 417 g/mol. The van der Waals surface area contributed by atoms with Crippen LogP contribution in [0.15, 0.2) is 85.1 Å². The summed E-state index contributed by atoms with van der Waals surface area (Å²) < 4.78 is 19.3. The van der Waals surface area contributed by atoms with Gasteiger partial charge < -0.3 is 10.1 Å². The van der Waals surface area contributed by atoms with Crippen LogP contribution in [-0.4, -0.2) is 15.9 Å². The van der Waals surface area contributed by atoms with Gasteiger partial charge in [0.05, 0.1) is 0 Å². The lowest BCUT2D eigenvalue weighted by atomic mass is 10.2. The Labute approximate surface area is 183 Å². The molecule has 1 amide bonds. The second kappa shape index (κ2) is 9.36. The monoisotopic (exact) mass is 433 g/mol. The molecule has 0 aliphatic carbocycles. The van der Waals surface area contributed by atoms with Crippen LogP contribution in [-0.2, 0) is 6.54 Å². The first-order valence-corrected chi connectivity index (χ1v) is 9.84. The van der Waals surface area contributed by atoms with Crippen LogP contribution in [0.4, 0.5) is 4.39 Å². The topological polar surface area (TPSA) is 64.1 Å². The Morgan fingerprint density at radius 1 is 1.00 bits per heavy atom. The Hall–Kier alpha value is -3.77. The average molecular weight is 434 g/mol. The number of amides is 1. The molecule has 0 aliphatic heterocycles. The van der Waals surface area contributed by atoms with E-state index in [9.17, 15) is 9.18 Å². The molecule has 0 saturated carbocycles. The molecule has 0 aliphatic rings. The zero-order valence-electron chi connectivity index (χ0n) is 16.3. The lowest BCUT2D eigenvalue weighted by Gasteiger charge is -2.09. The number of halogens is 2. The van der Waals surface area contributed by atoms with E-state index in [1.807, 2.05) is 12.1 Å². The van der Waals surface area contributed by atoms with E-state index < -0.39 is 0 Å². The van der Waals surface area contributed by atoms with Crippen molar-refractivity contribution in [1.82, 2.24) is 15.3 Å². The van der Waals surface area contributed by atoms with Crippen molar-refractivity contribution < 1.29 is 13.9 Å². The summed E-state index contributed by atoms with van der Waals surface area (Å²) in [6.45, 7) is 0.379. The highest BCUT2D eigenvalue weighted by molar-refractivity contribution is 6.30. The fraction of sp³-hybridized carbons (Fsp3) is 0.0417. The first kappa shape index (κ1) is 20.5. The van der Waals surface area contributed by atoms with Crippen molar-refractivity contribution in [3.05, 3.63) is 107 Å². The van der Waals surface area contributed by atoms with E-state index in [0.29, 0.717) is 34.3 Å². The normalized spacial score (nSPS) is 10.5. The van der Waals surface area contributed by atoms with Crippen molar-refractivity contribution in [3.63, 3.8) is 0 Å². The van der Waals surface area contributed by atoms with Gasteiger partial charge in [-0.05, 0) is 48.0 Å².